The third-order valence-corrected chi connectivity index (χ3v) is 8.25. The molecule has 42 heavy (non-hydrogen) atoms. The molecule has 1 fully saturated rings. The van der Waals surface area contributed by atoms with E-state index >= 15 is 4.39 Å². The second-order valence-electron chi connectivity index (χ2n) is 10.00. The van der Waals surface area contributed by atoms with E-state index < -0.39 is 49.2 Å². The van der Waals surface area contributed by atoms with Gasteiger partial charge >= 0.3 is 5.69 Å². The van der Waals surface area contributed by atoms with Crippen molar-refractivity contribution in [1.82, 2.24) is 14.5 Å². The van der Waals surface area contributed by atoms with E-state index in [9.17, 15) is 26.8 Å². The van der Waals surface area contributed by atoms with E-state index in [2.05, 4.69) is 11.6 Å². The van der Waals surface area contributed by atoms with Gasteiger partial charge in [-0.2, -0.15) is 4.98 Å². The Morgan fingerprint density at radius 2 is 1.74 bits per heavy atom. The average Bonchev–Trinajstić information content (AvgIpc) is 2.92. The number of aromatic nitrogens is 2. The molecule has 1 atom stereocenters. The van der Waals surface area contributed by atoms with Crippen LogP contribution in [0.15, 0.2) is 70.9 Å². The lowest BCUT2D eigenvalue weighted by molar-refractivity contribution is -0.126. The van der Waals surface area contributed by atoms with Crippen molar-refractivity contribution in [2.24, 2.45) is 5.14 Å². The molecule has 13 heteroatoms. The van der Waals surface area contributed by atoms with Crippen LogP contribution in [0.2, 0.25) is 0 Å². The van der Waals surface area contributed by atoms with E-state index in [1.807, 2.05) is 0 Å². The second kappa shape index (κ2) is 10.7. The van der Waals surface area contributed by atoms with Gasteiger partial charge in [0.2, 0.25) is 15.9 Å². The standard InChI is InChI=1S/C29H26F3N5O4S/c1-4-25(38)35-11-12-36(17(3)15-35)28-19-13-22(32)18(26-20(30)8-6-9-21(26)31)14-23(19)37(29(39)34-28)27-16(2)7-5-10-24(27)42(33,40)41/h4-10,13-14,17H,1,11-12,15H2,2-3H3,(H2,33,40,41)/t17-/m0/s1. The number of halogens is 3. The van der Waals surface area contributed by atoms with Gasteiger partial charge in [0.25, 0.3) is 0 Å². The van der Waals surface area contributed by atoms with E-state index in [0.29, 0.717) is 5.56 Å². The van der Waals surface area contributed by atoms with Crippen molar-refractivity contribution in [2.75, 3.05) is 24.5 Å². The number of sulfonamides is 1. The Hall–Kier alpha value is -4.49. The van der Waals surface area contributed by atoms with Crippen LogP contribution in [0.3, 0.4) is 0 Å². The minimum atomic E-state index is -4.37. The molecular formula is C29H26F3N5O4S. The van der Waals surface area contributed by atoms with Crippen LogP contribution in [0.4, 0.5) is 19.0 Å². The fraction of sp³-hybridized carbons (Fsp3) is 0.207. The maximum atomic E-state index is 15.8. The molecule has 2 N–H and O–H groups in total. The fourth-order valence-corrected chi connectivity index (χ4v) is 6.15. The number of nitrogens with two attached hydrogens (primary N) is 1. The molecular weight excluding hydrogens is 571 g/mol. The summed E-state index contributed by atoms with van der Waals surface area (Å²) in [6, 6.07) is 9.02. The zero-order valence-corrected chi connectivity index (χ0v) is 23.5. The number of amides is 1. The van der Waals surface area contributed by atoms with Gasteiger partial charge in [-0.3, -0.25) is 9.36 Å². The van der Waals surface area contributed by atoms with E-state index in [0.717, 1.165) is 34.9 Å². The number of aryl methyl sites for hydroxylation is 1. The van der Waals surface area contributed by atoms with E-state index in [4.69, 9.17) is 5.14 Å². The molecule has 0 spiro atoms. The fourth-order valence-electron chi connectivity index (χ4n) is 5.36. The lowest BCUT2D eigenvalue weighted by Gasteiger charge is -2.40. The van der Waals surface area contributed by atoms with Crippen molar-refractivity contribution >= 4 is 32.7 Å². The Labute approximate surface area is 239 Å². The lowest BCUT2D eigenvalue weighted by Crippen LogP contribution is -2.54. The van der Waals surface area contributed by atoms with Crippen molar-refractivity contribution in [3.05, 3.63) is 94.7 Å². The zero-order valence-electron chi connectivity index (χ0n) is 22.6. The number of benzene rings is 3. The Morgan fingerprint density at radius 1 is 1.07 bits per heavy atom. The van der Waals surface area contributed by atoms with Crippen molar-refractivity contribution < 1.29 is 26.4 Å². The van der Waals surface area contributed by atoms with Crippen molar-refractivity contribution in [3.8, 4) is 16.8 Å². The minimum absolute atomic E-state index is 0.0555. The Kier molecular flexibility index (Phi) is 7.41. The first-order chi connectivity index (χ1) is 19.8. The minimum Gasteiger partial charge on any atom is -0.350 e. The number of rotatable bonds is 5. The molecule has 4 aromatic rings. The van der Waals surface area contributed by atoms with Crippen molar-refractivity contribution in [3.63, 3.8) is 0 Å². The van der Waals surface area contributed by atoms with Crippen LogP contribution < -0.4 is 15.7 Å². The molecule has 1 aliphatic heterocycles. The van der Waals surface area contributed by atoms with E-state index in [-0.39, 0.29) is 54.0 Å². The molecule has 0 saturated carbocycles. The molecule has 1 aromatic heterocycles. The van der Waals surface area contributed by atoms with Gasteiger partial charge in [0.15, 0.2) is 0 Å². The molecule has 1 amide bonds. The molecule has 0 unspecified atom stereocenters. The molecule has 9 nitrogen and oxygen atoms in total. The number of hydrogen-bond acceptors (Lipinski definition) is 6. The average molecular weight is 598 g/mol. The summed E-state index contributed by atoms with van der Waals surface area (Å²) in [5.41, 5.74) is -1.93. The monoisotopic (exact) mass is 597 g/mol. The molecule has 1 aliphatic rings. The Balaban J connectivity index is 1.86. The first kappa shape index (κ1) is 29.0. The number of primary sulfonamides is 1. The number of para-hydroxylation sites is 1. The highest BCUT2D eigenvalue weighted by Gasteiger charge is 2.31. The predicted molar refractivity (Wildman–Crippen MR) is 152 cm³/mol. The summed E-state index contributed by atoms with van der Waals surface area (Å²) in [6.45, 7) is 7.59. The highest BCUT2D eigenvalue weighted by Crippen LogP contribution is 2.36. The highest BCUT2D eigenvalue weighted by atomic mass is 32.2. The summed E-state index contributed by atoms with van der Waals surface area (Å²) in [6.07, 6.45) is 1.20. The van der Waals surface area contributed by atoms with Crippen LogP contribution >= 0.6 is 0 Å². The van der Waals surface area contributed by atoms with Gasteiger partial charge in [-0.1, -0.05) is 24.8 Å². The molecule has 0 radical (unpaired) electrons. The molecule has 218 valence electrons. The smallest absolute Gasteiger partial charge is 0.350 e. The van der Waals surface area contributed by atoms with Crippen LogP contribution in [-0.4, -0.2) is 54.5 Å². The SMILES string of the molecule is C=CC(=O)N1CCN(c2nc(=O)n(-c3c(C)cccc3S(N)(=O)=O)c3cc(-c4c(F)cccc4F)c(F)cc23)[C@@H](C)C1. The Bertz CT molecular complexity index is 1920. The zero-order chi connectivity index (χ0) is 30.5. The van der Waals surface area contributed by atoms with Gasteiger partial charge < -0.3 is 9.80 Å². The van der Waals surface area contributed by atoms with Gasteiger partial charge in [-0.15, -0.1) is 0 Å². The first-order valence-corrected chi connectivity index (χ1v) is 14.4. The summed E-state index contributed by atoms with van der Waals surface area (Å²) < 4.78 is 71.5. The van der Waals surface area contributed by atoms with Crippen LogP contribution in [0.5, 0.6) is 0 Å². The normalized spacial score (nSPS) is 15.7. The summed E-state index contributed by atoms with van der Waals surface area (Å²) in [5, 5.41) is 5.56. The second-order valence-corrected chi connectivity index (χ2v) is 11.5. The van der Waals surface area contributed by atoms with Gasteiger partial charge in [-0.25, -0.2) is 31.5 Å². The predicted octanol–water partition coefficient (Wildman–Crippen LogP) is 3.65. The maximum absolute atomic E-state index is 15.8. The summed E-state index contributed by atoms with van der Waals surface area (Å²) in [7, 11) is -4.37. The van der Waals surface area contributed by atoms with Crippen LogP contribution in [0, 0.1) is 24.4 Å². The van der Waals surface area contributed by atoms with Gasteiger partial charge in [-0.05, 0) is 55.8 Å². The molecule has 3 aromatic carbocycles. The number of nitrogens with zero attached hydrogens (tertiary/aromatic N) is 4. The molecule has 5 rings (SSSR count). The van der Waals surface area contributed by atoms with Gasteiger partial charge in [0.1, 0.15) is 28.2 Å². The third-order valence-electron chi connectivity index (χ3n) is 7.31. The molecule has 0 aliphatic carbocycles. The summed E-state index contributed by atoms with van der Waals surface area (Å²) in [4.78, 5) is 33.1. The van der Waals surface area contributed by atoms with Crippen molar-refractivity contribution in [1.29, 1.82) is 0 Å². The number of fused-ring (bicyclic) bond motifs is 1. The lowest BCUT2D eigenvalue weighted by atomic mass is 10.0. The third kappa shape index (κ3) is 4.94. The maximum Gasteiger partial charge on any atom is 0.354 e. The first-order valence-electron chi connectivity index (χ1n) is 12.8. The number of anilines is 1. The summed E-state index contributed by atoms with van der Waals surface area (Å²) >= 11 is 0. The Morgan fingerprint density at radius 3 is 2.36 bits per heavy atom. The topological polar surface area (TPSA) is 119 Å². The van der Waals surface area contributed by atoms with Crippen LogP contribution in [-0.2, 0) is 14.8 Å². The summed E-state index contributed by atoms with van der Waals surface area (Å²) in [5.74, 6) is -3.27. The van der Waals surface area contributed by atoms with Crippen LogP contribution in [0.25, 0.3) is 27.7 Å². The molecule has 0 bridgehead atoms. The number of carbonyl (C=O) groups excluding carboxylic acids is 1. The number of carbonyl (C=O) groups is 1. The van der Waals surface area contributed by atoms with E-state index in [1.54, 1.807) is 29.7 Å². The van der Waals surface area contributed by atoms with Gasteiger partial charge in [0, 0.05) is 36.6 Å². The largest absolute Gasteiger partial charge is 0.354 e. The number of piperazine rings is 1. The molecule has 2 heterocycles. The molecule has 1 saturated heterocycles. The number of hydrogen-bond donors (Lipinski definition) is 1. The highest BCUT2D eigenvalue weighted by molar-refractivity contribution is 7.89. The van der Waals surface area contributed by atoms with E-state index in [1.165, 1.54) is 18.2 Å². The van der Waals surface area contributed by atoms with Gasteiger partial charge in [0.05, 0.1) is 16.8 Å². The quantitative estimate of drug-likeness (QED) is 0.351. The van der Waals surface area contributed by atoms with Crippen molar-refractivity contribution in [2.45, 2.75) is 24.8 Å². The van der Waals surface area contributed by atoms with Crippen LogP contribution in [0.1, 0.15) is 12.5 Å².